The number of carboxylic acids is 1. The molecule has 0 aliphatic rings. The second kappa shape index (κ2) is 6.19. The molecule has 0 atom stereocenters. The zero-order valence-corrected chi connectivity index (χ0v) is 12.8. The second-order valence-electron chi connectivity index (χ2n) is 4.84. The van der Waals surface area contributed by atoms with Crippen LogP contribution in [0.25, 0.3) is 0 Å². The molecular weight excluding hydrogens is 264 g/mol. The topological polar surface area (TPSA) is 55.8 Å². The predicted molar refractivity (Wildman–Crippen MR) is 76.6 cm³/mol. The Morgan fingerprint density at radius 1 is 1.32 bits per heavy atom. The lowest BCUT2D eigenvalue weighted by Crippen LogP contribution is -2.22. The fourth-order valence-electron chi connectivity index (χ4n) is 2.11. The Balaban J connectivity index is 3.39. The van der Waals surface area contributed by atoms with Crippen molar-refractivity contribution in [2.45, 2.75) is 30.6 Å². The van der Waals surface area contributed by atoms with E-state index in [1.54, 1.807) is 14.2 Å². The van der Waals surface area contributed by atoms with Gasteiger partial charge in [-0.25, -0.2) is 0 Å². The van der Waals surface area contributed by atoms with Crippen LogP contribution in [0.3, 0.4) is 0 Å². The third kappa shape index (κ3) is 3.35. The summed E-state index contributed by atoms with van der Waals surface area (Å²) in [5.41, 5.74) is 0.490. The smallest absolute Gasteiger partial charge is 0.304 e. The highest BCUT2D eigenvalue weighted by Gasteiger charge is 2.29. The van der Waals surface area contributed by atoms with E-state index < -0.39 is 11.4 Å². The molecular formula is C14H20O4S. The number of carboxylic acid groups (broad SMARTS) is 1. The summed E-state index contributed by atoms with van der Waals surface area (Å²) in [7, 11) is 3.18. The first-order valence-corrected chi connectivity index (χ1v) is 7.11. The average Bonchev–Trinajstić information content (AvgIpc) is 2.34. The molecule has 0 saturated carbocycles. The highest BCUT2D eigenvalue weighted by molar-refractivity contribution is 7.98. The number of ether oxygens (including phenoxy) is 2. The van der Waals surface area contributed by atoms with Crippen molar-refractivity contribution in [1.82, 2.24) is 0 Å². The van der Waals surface area contributed by atoms with Gasteiger partial charge in [0, 0.05) is 5.41 Å². The number of hydrogen-bond acceptors (Lipinski definition) is 4. The van der Waals surface area contributed by atoms with Gasteiger partial charge in [-0.05, 0) is 17.9 Å². The number of benzene rings is 1. The number of methoxy groups -OCH3 is 2. The van der Waals surface area contributed by atoms with Crippen molar-refractivity contribution < 1.29 is 19.4 Å². The van der Waals surface area contributed by atoms with Gasteiger partial charge in [-0.2, -0.15) is 0 Å². The zero-order chi connectivity index (χ0) is 14.6. The van der Waals surface area contributed by atoms with Crippen LogP contribution >= 0.6 is 11.8 Å². The molecule has 19 heavy (non-hydrogen) atoms. The number of hydrogen-bond donors (Lipinski definition) is 1. The molecule has 0 saturated heterocycles. The Kier molecular flexibility index (Phi) is 5.11. The van der Waals surface area contributed by atoms with Crippen molar-refractivity contribution in [3.63, 3.8) is 0 Å². The molecule has 0 unspecified atom stereocenters. The van der Waals surface area contributed by atoms with Gasteiger partial charge in [0.25, 0.3) is 0 Å². The highest BCUT2D eigenvalue weighted by atomic mass is 32.2. The Morgan fingerprint density at radius 2 is 1.95 bits per heavy atom. The molecule has 1 aromatic carbocycles. The number of thioether (sulfide) groups is 1. The molecule has 0 amide bonds. The van der Waals surface area contributed by atoms with Gasteiger partial charge in [-0.15, -0.1) is 11.8 Å². The Hall–Kier alpha value is -1.36. The molecule has 0 aliphatic carbocycles. The van der Waals surface area contributed by atoms with Crippen LogP contribution in [0, 0.1) is 0 Å². The van der Waals surface area contributed by atoms with Crippen molar-refractivity contribution in [2.75, 3.05) is 20.5 Å². The minimum absolute atomic E-state index is 0.0655. The first-order valence-electron chi connectivity index (χ1n) is 5.88. The van der Waals surface area contributed by atoms with Crippen molar-refractivity contribution in [1.29, 1.82) is 0 Å². The molecule has 0 heterocycles. The van der Waals surface area contributed by atoms with Crippen LogP contribution in [-0.4, -0.2) is 31.6 Å². The van der Waals surface area contributed by atoms with Crippen molar-refractivity contribution in [2.24, 2.45) is 0 Å². The van der Waals surface area contributed by atoms with E-state index in [2.05, 4.69) is 0 Å². The molecule has 1 rings (SSSR count). The minimum atomic E-state index is -0.813. The van der Waals surface area contributed by atoms with Crippen LogP contribution < -0.4 is 9.47 Å². The molecule has 5 heteroatoms. The van der Waals surface area contributed by atoms with E-state index in [0.717, 1.165) is 10.5 Å². The van der Waals surface area contributed by atoms with Crippen molar-refractivity contribution >= 4 is 17.7 Å². The maximum atomic E-state index is 11.0. The minimum Gasteiger partial charge on any atom is -0.493 e. The molecule has 0 aliphatic heterocycles. The van der Waals surface area contributed by atoms with Gasteiger partial charge in [0.2, 0.25) is 0 Å². The van der Waals surface area contributed by atoms with Crippen LogP contribution in [0.5, 0.6) is 11.5 Å². The Labute approximate surface area is 118 Å². The van der Waals surface area contributed by atoms with Crippen LogP contribution in [0.15, 0.2) is 17.0 Å². The summed E-state index contributed by atoms with van der Waals surface area (Å²) in [5.74, 6) is 0.500. The number of carbonyl (C=O) groups is 1. The summed E-state index contributed by atoms with van der Waals surface area (Å²) in [6, 6.07) is 3.73. The van der Waals surface area contributed by atoms with Crippen LogP contribution in [0.2, 0.25) is 0 Å². The maximum Gasteiger partial charge on any atom is 0.304 e. The summed E-state index contributed by atoms with van der Waals surface area (Å²) in [6.45, 7) is 3.84. The molecule has 0 aromatic heterocycles. The first-order chi connectivity index (χ1) is 8.87. The molecule has 0 radical (unpaired) electrons. The Morgan fingerprint density at radius 3 is 2.37 bits per heavy atom. The lowest BCUT2D eigenvalue weighted by Gasteiger charge is -2.27. The van der Waals surface area contributed by atoms with E-state index in [0.29, 0.717) is 11.5 Å². The normalized spacial score (nSPS) is 11.2. The predicted octanol–water partition coefficient (Wildman–Crippen LogP) is 3.18. The van der Waals surface area contributed by atoms with Gasteiger partial charge >= 0.3 is 5.97 Å². The maximum absolute atomic E-state index is 11.0. The molecule has 0 spiro atoms. The van der Waals surface area contributed by atoms with Gasteiger partial charge < -0.3 is 14.6 Å². The quantitative estimate of drug-likeness (QED) is 0.813. The molecule has 1 aromatic rings. The largest absolute Gasteiger partial charge is 0.493 e. The van der Waals surface area contributed by atoms with Crippen LogP contribution in [-0.2, 0) is 10.2 Å². The van der Waals surface area contributed by atoms with Crippen molar-refractivity contribution in [3.05, 3.63) is 17.7 Å². The van der Waals surface area contributed by atoms with Crippen LogP contribution in [0.4, 0.5) is 0 Å². The lowest BCUT2D eigenvalue weighted by atomic mass is 9.81. The van der Waals surface area contributed by atoms with E-state index in [1.807, 2.05) is 32.2 Å². The summed E-state index contributed by atoms with van der Waals surface area (Å²) in [4.78, 5) is 11.9. The summed E-state index contributed by atoms with van der Waals surface area (Å²) >= 11 is 1.53. The van der Waals surface area contributed by atoms with E-state index in [-0.39, 0.29) is 6.42 Å². The lowest BCUT2D eigenvalue weighted by molar-refractivity contribution is -0.138. The Bertz CT molecular complexity index is 469. The SMILES string of the molecule is COc1ccc(C(C)(C)CC(=O)O)c(SC)c1OC. The summed E-state index contributed by atoms with van der Waals surface area (Å²) in [5, 5.41) is 9.04. The van der Waals surface area contributed by atoms with Gasteiger partial charge in [0.05, 0.1) is 25.5 Å². The van der Waals surface area contributed by atoms with Gasteiger partial charge in [-0.3, -0.25) is 4.79 Å². The number of aliphatic carboxylic acids is 1. The second-order valence-corrected chi connectivity index (χ2v) is 5.65. The third-order valence-corrected chi connectivity index (χ3v) is 3.84. The fourth-order valence-corrected chi connectivity index (χ4v) is 3.04. The molecule has 4 nitrogen and oxygen atoms in total. The van der Waals surface area contributed by atoms with Crippen LogP contribution in [0.1, 0.15) is 25.8 Å². The zero-order valence-electron chi connectivity index (χ0n) is 11.9. The van der Waals surface area contributed by atoms with E-state index in [1.165, 1.54) is 11.8 Å². The third-order valence-electron chi connectivity index (χ3n) is 3.03. The van der Waals surface area contributed by atoms with E-state index in [9.17, 15) is 4.79 Å². The van der Waals surface area contributed by atoms with Gasteiger partial charge in [0.1, 0.15) is 0 Å². The average molecular weight is 284 g/mol. The molecule has 0 bridgehead atoms. The van der Waals surface area contributed by atoms with Gasteiger partial charge in [0.15, 0.2) is 11.5 Å². The van der Waals surface area contributed by atoms with Crippen molar-refractivity contribution in [3.8, 4) is 11.5 Å². The first kappa shape index (κ1) is 15.7. The molecule has 0 fully saturated rings. The summed E-state index contributed by atoms with van der Waals surface area (Å²) < 4.78 is 10.7. The highest BCUT2D eigenvalue weighted by Crippen LogP contribution is 2.44. The monoisotopic (exact) mass is 284 g/mol. The molecule has 1 N–H and O–H groups in total. The number of rotatable bonds is 6. The summed E-state index contributed by atoms with van der Waals surface area (Å²) in [6.07, 6.45) is 2.01. The molecule has 106 valence electrons. The van der Waals surface area contributed by atoms with Gasteiger partial charge in [-0.1, -0.05) is 19.9 Å². The fraction of sp³-hybridized carbons (Fsp3) is 0.500. The standard InChI is InChI=1S/C14H20O4S/c1-14(2,8-11(15)16)9-6-7-10(17-3)12(18-4)13(9)19-5/h6-7H,8H2,1-5H3,(H,15,16). The van der Waals surface area contributed by atoms with E-state index in [4.69, 9.17) is 14.6 Å². The van der Waals surface area contributed by atoms with E-state index >= 15 is 0 Å².